The fraction of sp³-hybridized carbons (Fsp3) is 0.286. The van der Waals surface area contributed by atoms with E-state index in [1.54, 1.807) is 18.2 Å². The van der Waals surface area contributed by atoms with Crippen LogP contribution < -0.4 is 14.8 Å². The molecule has 2 rings (SSSR count). The van der Waals surface area contributed by atoms with E-state index in [2.05, 4.69) is 5.32 Å². The Morgan fingerprint density at radius 3 is 2.55 bits per heavy atom. The number of rotatable bonds is 4. The smallest absolute Gasteiger partial charge is 0.287 e. The zero-order chi connectivity index (χ0) is 14.9. The lowest BCUT2D eigenvalue weighted by Gasteiger charge is -2.17. The molecule has 0 saturated carbocycles. The van der Waals surface area contributed by atoms with Crippen LogP contribution in [0.15, 0.2) is 29.5 Å². The number of hydrogen-bond donors (Lipinski definition) is 2. The third kappa shape index (κ3) is 2.20. The Morgan fingerprint density at radius 1 is 1.30 bits per heavy atom. The van der Waals surface area contributed by atoms with Gasteiger partial charge in [-0.1, -0.05) is 0 Å². The molecule has 0 aliphatic carbocycles. The minimum atomic E-state index is -0.721. The number of ether oxygens (including phenoxy) is 2. The summed E-state index contributed by atoms with van der Waals surface area (Å²) >= 11 is 0. The van der Waals surface area contributed by atoms with E-state index in [1.165, 1.54) is 21.1 Å². The molecule has 1 atom stereocenters. The van der Waals surface area contributed by atoms with Gasteiger partial charge in [-0.25, -0.2) is 0 Å². The molecule has 1 amide bonds. The van der Waals surface area contributed by atoms with Crippen LogP contribution in [0.5, 0.6) is 11.5 Å². The van der Waals surface area contributed by atoms with E-state index < -0.39 is 17.7 Å². The van der Waals surface area contributed by atoms with Crippen molar-refractivity contribution >= 4 is 11.7 Å². The lowest BCUT2D eigenvalue weighted by molar-refractivity contribution is -0.119. The van der Waals surface area contributed by atoms with Gasteiger partial charge in [-0.15, -0.1) is 0 Å². The molecule has 1 aliphatic heterocycles. The Balaban J connectivity index is 2.52. The molecule has 1 heterocycles. The molecule has 106 valence electrons. The predicted molar refractivity (Wildman–Crippen MR) is 70.8 cm³/mol. The first-order valence-corrected chi connectivity index (χ1v) is 5.96. The Hall–Kier alpha value is -2.50. The number of methoxy groups -OCH3 is 2. The summed E-state index contributed by atoms with van der Waals surface area (Å²) in [5, 5.41) is 12.3. The van der Waals surface area contributed by atoms with Gasteiger partial charge in [-0.3, -0.25) is 9.59 Å². The van der Waals surface area contributed by atoms with E-state index >= 15 is 0 Å². The van der Waals surface area contributed by atoms with E-state index in [0.717, 1.165) is 0 Å². The highest BCUT2D eigenvalue weighted by atomic mass is 16.5. The third-order valence-electron chi connectivity index (χ3n) is 3.17. The molecule has 6 heteroatoms. The summed E-state index contributed by atoms with van der Waals surface area (Å²) in [5.41, 5.74) is 0.620. The first-order valence-electron chi connectivity index (χ1n) is 5.96. The summed E-state index contributed by atoms with van der Waals surface area (Å²) in [6.07, 6.45) is 0. The lowest BCUT2D eigenvalue weighted by atomic mass is 9.97. The minimum Gasteiger partial charge on any atom is -0.503 e. The van der Waals surface area contributed by atoms with E-state index in [9.17, 15) is 14.7 Å². The van der Waals surface area contributed by atoms with Crippen LogP contribution in [0.2, 0.25) is 0 Å². The average molecular weight is 277 g/mol. The standard InChI is InChI=1S/C14H15NO5/c1-7(16)11-12(15-14(18)13(11)17)9-5-4-8(19-2)6-10(9)20-3/h4-6,12,17H,1-3H3,(H,15,18). The molecular formula is C14H15NO5. The number of carbonyl (C=O) groups is 2. The number of hydrogen-bond acceptors (Lipinski definition) is 5. The fourth-order valence-corrected chi connectivity index (χ4v) is 2.19. The van der Waals surface area contributed by atoms with Crippen LogP contribution in [0, 0.1) is 0 Å². The highest BCUT2D eigenvalue weighted by molar-refractivity contribution is 6.08. The molecule has 2 N–H and O–H groups in total. The van der Waals surface area contributed by atoms with Crippen molar-refractivity contribution in [2.45, 2.75) is 13.0 Å². The zero-order valence-corrected chi connectivity index (χ0v) is 11.4. The van der Waals surface area contributed by atoms with Crippen molar-refractivity contribution in [2.24, 2.45) is 0 Å². The quantitative estimate of drug-likeness (QED) is 0.866. The monoisotopic (exact) mass is 277 g/mol. The Morgan fingerprint density at radius 2 is 2.00 bits per heavy atom. The highest BCUT2D eigenvalue weighted by Gasteiger charge is 2.36. The van der Waals surface area contributed by atoms with Gasteiger partial charge in [0, 0.05) is 11.6 Å². The molecular weight excluding hydrogens is 262 g/mol. The number of carbonyl (C=O) groups excluding carboxylic acids is 2. The van der Waals surface area contributed by atoms with Crippen LogP contribution in [-0.2, 0) is 9.59 Å². The van der Waals surface area contributed by atoms with Gasteiger partial charge in [-0.05, 0) is 19.1 Å². The molecule has 0 aromatic heterocycles. The average Bonchev–Trinajstić information content (AvgIpc) is 2.74. The number of amides is 1. The van der Waals surface area contributed by atoms with Gasteiger partial charge < -0.3 is 19.9 Å². The highest BCUT2D eigenvalue weighted by Crippen LogP contribution is 2.36. The molecule has 0 bridgehead atoms. The normalized spacial score (nSPS) is 17.9. The topological polar surface area (TPSA) is 84.9 Å². The number of aliphatic hydroxyl groups excluding tert-OH is 1. The largest absolute Gasteiger partial charge is 0.503 e. The molecule has 1 aromatic carbocycles. The fourth-order valence-electron chi connectivity index (χ4n) is 2.19. The van der Waals surface area contributed by atoms with E-state index in [1.807, 2.05) is 0 Å². The SMILES string of the molecule is COc1ccc(C2NC(=O)C(O)=C2C(C)=O)c(OC)c1. The first-order chi connectivity index (χ1) is 9.49. The van der Waals surface area contributed by atoms with Crippen molar-refractivity contribution in [3.05, 3.63) is 35.1 Å². The molecule has 1 aromatic rings. The maximum absolute atomic E-state index is 11.6. The first kappa shape index (κ1) is 13.9. The van der Waals surface area contributed by atoms with Crippen molar-refractivity contribution in [1.82, 2.24) is 5.32 Å². The second-order valence-corrected chi connectivity index (χ2v) is 4.33. The van der Waals surface area contributed by atoms with Crippen LogP contribution in [0.4, 0.5) is 0 Å². The van der Waals surface area contributed by atoms with E-state index in [0.29, 0.717) is 17.1 Å². The molecule has 1 unspecified atom stereocenters. The molecule has 1 aliphatic rings. The third-order valence-corrected chi connectivity index (χ3v) is 3.17. The van der Waals surface area contributed by atoms with Gasteiger partial charge in [-0.2, -0.15) is 0 Å². The van der Waals surface area contributed by atoms with Crippen molar-refractivity contribution in [3.63, 3.8) is 0 Å². The number of benzene rings is 1. The molecule has 0 saturated heterocycles. The minimum absolute atomic E-state index is 0.0402. The van der Waals surface area contributed by atoms with Crippen LogP contribution in [-0.4, -0.2) is 31.0 Å². The lowest BCUT2D eigenvalue weighted by Crippen LogP contribution is -2.23. The van der Waals surface area contributed by atoms with Gasteiger partial charge in [0.15, 0.2) is 11.5 Å². The van der Waals surface area contributed by atoms with Gasteiger partial charge in [0.1, 0.15) is 11.5 Å². The number of ketones is 1. The van der Waals surface area contributed by atoms with Gasteiger partial charge in [0.25, 0.3) is 5.91 Å². The summed E-state index contributed by atoms with van der Waals surface area (Å²) in [6, 6.07) is 4.30. The summed E-state index contributed by atoms with van der Waals surface area (Å²) in [4.78, 5) is 23.2. The predicted octanol–water partition coefficient (Wildman–Crippen LogP) is 1.28. The molecule has 0 radical (unpaired) electrons. The Bertz CT molecular complexity index is 606. The Labute approximate surface area is 116 Å². The number of Topliss-reactive ketones (excluding diaryl/α,β-unsaturated/α-hetero) is 1. The van der Waals surface area contributed by atoms with Crippen molar-refractivity contribution in [2.75, 3.05) is 14.2 Å². The van der Waals surface area contributed by atoms with Crippen molar-refractivity contribution in [3.8, 4) is 11.5 Å². The Kier molecular flexibility index (Phi) is 3.65. The summed E-state index contributed by atoms with van der Waals surface area (Å²) < 4.78 is 10.3. The van der Waals surface area contributed by atoms with E-state index in [-0.39, 0.29) is 11.4 Å². The summed E-state index contributed by atoms with van der Waals surface area (Å²) in [6.45, 7) is 1.30. The second-order valence-electron chi connectivity index (χ2n) is 4.33. The number of nitrogens with one attached hydrogen (secondary N) is 1. The van der Waals surface area contributed by atoms with Gasteiger partial charge in [0.05, 0.1) is 25.8 Å². The van der Waals surface area contributed by atoms with Crippen molar-refractivity contribution < 1.29 is 24.2 Å². The maximum atomic E-state index is 11.6. The molecule has 20 heavy (non-hydrogen) atoms. The van der Waals surface area contributed by atoms with Gasteiger partial charge in [0.2, 0.25) is 0 Å². The maximum Gasteiger partial charge on any atom is 0.287 e. The van der Waals surface area contributed by atoms with Crippen LogP contribution >= 0.6 is 0 Å². The number of aliphatic hydroxyl groups is 1. The summed E-state index contributed by atoms with van der Waals surface area (Å²) in [7, 11) is 3.00. The molecule has 0 spiro atoms. The van der Waals surface area contributed by atoms with E-state index in [4.69, 9.17) is 9.47 Å². The van der Waals surface area contributed by atoms with Crippen LogP contribution in [0.1, 0.15) is 18.5 Å². The second kappa shape index (κ2) is 5.24. The van der Waals surface area contributed by atoms with Gasteiger partial charge >= 0.3 is 0 Å². The van der Waals surface area contributed by atoms with Crippen LogP contribution in [0.3, 0.4) is 0 Å². The summed E-state index contributed by atoms with van der Waals surface area (Å²) in [5.74, 6) is -0.530. The molecule has 6 nitrogen and oxygen atoms in total. The molecule has 0 fully saturated rings. The van der Waals surface area contributed by atoms with Crippen LogP contribution in [0.25, 0.3) is 0 Å². The van der Waals surface area contributed by atoms with Crippen molar-refractivity contribution in [1.29, 1.82) is 0 Å². The zero-order valence-electron chi connectivity index (χ0n) is 11.4.